The lowest BCUT2D eigenvalue weighted by Crippen LogP contribution is -2.49. The number of carbonyl (C=O) groups is 8. The highest BCUT2D eigenvalue weighted by Crippen LogP contribution is 2.11. The number of ketones is 2. The molecule has 2 fully saturated rings. The second-order valence-corrected chi connectivity index (χ2v) is 17.9. The van der Waals surface area contributed by atoms with Crippen LogP contribution in [0.15, 0.2) is 163 Å². The van der Waals surface area contributed by atoms with Gasteiger partial charge in [0.1, 0.15) is 0 Å². The Balaban J connectivity index is 0.000000360. The molecule has 0 bridgehead atoms. The van der Waals surface area contributed by atoms with Gasteiger partial charge in [0.2, 0.25) is 5.91 Å². The molecule has 8 rings (SSSR count). The number of nitrogens with one attached hydrogen (secondary N) is 2. The second kappa shape index (κ2) is 41.0. The second-order valence-electron chi connectivity index (χ2n) is 17.9. The number of hydrazone groups is 1. The van der Waals surface area contributed by atoms with Gasteiger partial charge in [-0.2, -0.15) is 14.7 Å². The molecule has 5 N–H and O–H groups in total. The summed E-state index contributed by atoms with van der Waals surface area (Å²) in [6, 6.07) is 48.5. The minimum Gasteiger partial charge on any atom is -0.478 e. The van der Waals surface area contributed by atoms with E-state index < -0.39 is 5.97 Å². The summed E-state index contributed by atoms with van der Waals surface area (Å²) in [5.41, 5.74) is 11.8. The van der Waals surface area contributed by atoms with Gasteiger partial charge in [0.15, 0.2) is 30.4 Å². The first-order valence-electron chi connectivity index (χ1n) is 25.8. The number of amides is 2. The monoisotopic (exact) mass is 1120 g/mol. The van der Waals surface area contributed by atoms with E-state index in [1.165, 1.54) is 37.1 Å². The van der Waals surface area contributed by atoms with Gasteiger partial charge in [-0.1, -0.05) is 152 Å². The standard InChI is InChI=1S/C21H26N4O.C13H20N4O.2C9H8O2.C8H6O3.CH3F.CO2/c1-18-7-5-6-10-20(18)15-22-23-21(26)17-25-13-11-24(12-14-25)16-19-8-3-2-4-9-19;14-15-13(18)11-17-8-6-16(7-9-17)10-12-4-2-1-3-5-12;2*1-7(11)9-5-3-2-4-8(9)6-10;9-5-6-3-1-2-4-7(6)8(10)11;1-2;2-1-3/h2-10,15H,11-14,16-17H2,1H3,(H,23,26);1-5H,6-11,14H2,(H,15,18);2*2-6H,1H3;1-5H,(H,10,11);1H3;/b22-15+;;;;;;. The number of rotatable bonds is 16. The maximum atomic E-state index is 12.1. The number of nitrogens with zero attached hydrogens (tertiary/aromatic N) is 5. The number of piperazine rings is 2. The number of aldehydes is 3. The molecule has 0 saturated carbocycles. The number of hydrogen-bond acceptors (Lipinski definition) is 16. The molecule has 2 amide bonds. The molecule has 82 heavy (non-hydrogen) atoms. The number of nitrogens with two attached hydrogens (primary N) is 1. The number of Topliss-reactive ketones (excluding diaryl/α,β-unsaturated/α-hetero) is 2. The normalized spacial score (nSPS) is 12.8. The van der Waals surface area contributed by atoms with Crippen LogP contribution in [0.5, 0.6) is 0 Å². The van der Waals surface area contributed by atoms with Crippen molar-refractivity contribution in [2.75, 3.05) is 72.6 Å². The van der Waals surface area contributed by atoms with E-state index in [-0.39, 0.29) is 40.7 Å². The van der Waals surface area contributed by atoms with Crippen molar-refractivity contribution in [3.8, 4) is 0 Å². The summed E-state index contributed by atoms with van der Waals surface area (Å²) in [4.78, 5) is 112. The number of carbonyl (C=O) groups excluding carboxylic acids is 9. The summed E-state index contributed by atoms with van der Waals surface area (Å²) in [5.74, 6) is 3.67. The van der Waals surface area contributed by atoms with Gasteiger partial charge in [0.05, 0.1) is 32.0 Å². The van der Waals surface area contributed by atoms with E-state index in [4.69, 9.17) is 20.5 Å². The molecule has 0 unspecified atom stereocenters. The molecule has 20 heteroatoms. The topological polar surface area (TPSA) is 266 Å². The van der Waals surface area contributed by atoms with E-state index in [0.29, 0.717) is 61.4 Å². The average molecular weight is 1120 g/mol. The fourth-order valence-electron chi connectivity index (χ4n) is 7.92. The minimum atomic E-state index is -1.08. The van der Waals surface area contributed by atoms with Crippen molar-refractivity contribution in [1.29, 1.82) is 0 Å². The van der Waals surface area contributed by atoms with Gasteiger partial charge in [-0.3, -0.25) is 63.0 Å². The number of halogens is 1. The molecular weight excluding hydrogens is 1050 g/mol. The molecule has 0 radical (unpaired) electrons. The Hall–Kier alpha value is -9.14. The molecular formula is C62H71FN8O11. The van der Waals surface area contributed by atoms with Gasteiger partial charge >= 0.3 is 12.1 Å². The van der Waals surface area contributed by atoms with Crippen molar-refractivity contribution in [3.63, 3.8) is 0 Å². The number of hydrogen-bond donors (Lipinski definition) is 4. The van der Waals surface area contributed by atoms with Crippen LogP contribution in [0.2, 0.25) is 0 Å². The van der Waals surface area contributed by atoms with Crippen LogP contribution in [0.4, 0.5) is 4.39 Å². The highest BCUT2D eigenvalue weighted by Gasteiger charge is 2.20. The Bertz CT molecular complexity index is 2830. The zero-order valence-electron chi connectivity index (χ0n) is 46.5. The lowest BCUT2D eigenvalue weighted by Gasteiger charge is -2.34. The Labute approximate surface area is 477 Å². The summed E-state index contributed by atoms with van der Waals surface area (Å²) in [5, 5.41) is 12.6. The number of aryl methyl sites for hydroxylation is 1. The predicted molar refractivity (Wildman–Crippen MR) is 310 cm³/mol. The van der Waals surface area contributed by atoms with Crippen LogP contribution in [0, 0.1) is 6.92 Å². The quantitative estimate of drug-likeness (QED) is 0.0197. The molecule has 2 aliphatic heterocycles. The molecule has 432 valence electrons. The third kappa shape index (κ3) is 27.2. The molecule has 0 aromatic heterocycles. The van der Waals surface area contributed by atoms with Crippen LogP contribution >= 0.6 is 0 Å². The Morgan fingerprint density at radius 1 is 0.512 bits per heavy atom. The van der Waals surface area contributed by atoms with Gasteiger partial charge in [0.25, 0.3) is 5.91 Å². The molecule has 19 nitrogen and oxygen atoms in total. The first-order valence-corrected chi connectivity index (χ1v) is 25.8. The van der Waals surface area contributed by atoms with Crippen LogP contribution in [0.1, 0.15) is 98.2 Å². The maximum Gasteiger partial charge on any atom is 0.373 e. The number of carboxylic acids is 1. The van der Waals surface area contributed by atoms with E-state index in [1.807, 2.05) is 43.3 Å². The molecule has 0 spiro atoms. The first-order chi connectivity index (χ1) is 39.7. The van der Waals surface area contributed by atoms with Crippen molar-refractivity contribution in [2.24, 2.45) is 10.9 Å². The lowest BCUT2D eigenvalue weighted by atomic mass is 10.1. The van der Waals surface area contributed by atoms with Gasteiger partial charge < -0.3 is 5.11 Å². The van der Waals surface area contributed by atoms with Gasteiger partial charge in [-0.05, 0) is 49.1 Å². The van der Waals surface area contributed by atoms with E-state index >= 15 is 0 Å². The highest BCUT2D eigenvalue weighted by atomic mass is 19.1. The van der Waals surface area contributed by atoms with E-state index in [0.717, 1.165) is 76.6 Å². The maximum absolute atomic E-state index is 12.1. The summed E-state index contributed by atoms with van der Waals surface area (Å²) in [7, 11) is 0.500. The number of alkyl halides is 1. The van der Waals surface area contributed by atoms with Crippen molar-refractivity contribution in [1.82, 2.24) is 30.5 Å². The Morgan fingerprint density at radius 2 is 0.829 bits per heavy atom. The largest absolute Gasteiger partial charge is 0.478 e. The third-order valence-corrected chi connectivity index (χ3v) is 12.2. The molecule has 6 aromatic rings. The summed E-state index contributed by atoms with van der Waals surface area (Å²) < 4.78 is 9.50. The SMILES string of the molecule is CC(=O)c1ccccc1C=O.CC(=O)c1ccccc1C=O.CF.Cc1ccccc1/C=N/NC(=O)CN1CCN(Cc2ccccc2)CC1.NNC(=O)CN1CCN(Cc2ccccc2)CC1.O=C=O.O=Cc1ccccc1C(=O)O. The number of aromatic carboxylic acids is 1. The van der Waals surface area contributed by atoms with Crippen LogP contribution < -0.4 is 16.7 Å². The van der Waals surface area contributed by atoms with Crippen LogP contribution in [0.25, 0.3) is 0 Å². The van der Waals surface area contributed by atoms with Crippen LogP contribution in [-0.2, 0) is 32.3 Å². The Kier molecular flexibility index (Phi) is 34.4. The number of hydrazine groups is 1. The molecule has 2 aliphatic rings. The molecule has 0 aliphatic carbocycles. The van der Waals surface area contributed by atoms with Crippen molar-refractivity contribution >= 4 is 60.6 Å². The van der Waals surface area contributed by atoms with Gasteiger partial charge in [0, 0.05) is 93.3 Å². The molecule has 2 saturated heterocycles. The lowest BCUT2D eigenvalue weighted by molar-refractivity contribution is -0.191. The summed E-state index contributed by atoms with van der Waals surface area (Å²) in [6.07, 6.45) is 3.86. The predicted octanol–water partition coefficient (Wildman–Crippen LogP) is 6.66. The van der Waals surface area contributed by atoms with E-state index in [2.05, 4.69) is 84.1 Å². The number of carboxylic acid groups (broad SMARTS) is 1. The molecule has 6 aromatic carbocycles. The third-order valence-electron chi connectivity index (χ3n) is 12.2. The van der Waals surface area contributed by atoms with Crippen LogP contribution in [0.3, 0.4) is 0 Å². The summed E-state index contributed by atoms with van der Waals surface area (Å²) >= 11 is 0. The van der Waals surface area contributed by atoms with Crippen molar-refractivity contribution in [3.05, 3.63) is 213 Å². The van der Waals surface area contributed by atoms with Crippen molar-refractivity contribution in [2.45, 2.75) is 33.9 Å². The first kappa shape index (κ1) is 69.0. The number of benzene rings is 6. The van der Waals surface area contributed by atoms with Crippen molar-refractivity contribution < 1.29 is 57.4 Å². The molecule has 0 atom stereocenters. The van der Waals surface area contributed by atoms with Gasteiger partial charge in [-0.15, -0.1) is 0 Å². The van der Waals surface area contributed by atoms with Crippen LogP contribution in [-0.4, -0.2) is 158 Å². The summed E-state index contributed by atoms with van der Waals surface area (Å²) in [6.45, 7) is 15.3. The fourth-order valence-corrected chi connectivity index (χ4v) is 7.92. The average Bonchev–Trinajstić information content (AvgIpc) is 3.51. The van der Waals surface area contributed by atoms with E-state index in [9.17, 15) is 42.7 Å². The highest BCUT2D eigenvalue weighted by molar-refractivity contribution is 6.02. The van der Waals surface area contributed by atoms with Gasteiger partial charge in [-0.25, -0.2) is 16.1 Å². The minimum absolute atomic E-state index is 0.0440. The van der Waals surface area contributed by atoms with E-state index in [1.54, 1.807) is 66.9 Å². The molecule has 2 heterocycles. The fraction of sp³-hybridized carbons (Fsp3) is 0.258. The Morgan fingerprint density at radius 3 is 1.16 bits per heavy atom. The zero-order valence-corrected chi connectivity index (χ0v) is 46.5. The zero-order chi connectivity index (χ0) is 60.5. The smallest absolute Gasteiger partial charge is 0.373 e.